The molecule has 23 nitrogen and oxygen atoms in total. The number of carbonyl (C=O) groups is 10. The molecule has 1 rings (SSSR count). The molecule has 1 heterocycles. The third kappa shape index (κ3) is 17.5. The van der Waals surface area contributed by atoms with Crippen molar-refractivity contribution in [2.45, 2.75) is 141 Å². The Morgan fingerprint density at radius 1 is 0.695 bits per heavy atom. The van der Waals surface area contributed by atoms with E-state index in [4.69, 9.17) is 16.6 Å². The molecule has 0 aromatic heterocycles. The fourth-order valence-corrected chi connectivity index (χ4v) is 6.06. The largest absolute Gasteiger partial charge is 0.481 e. The Bertz CT molecular complexity index is 1540. The lowest BCUT2D eigenvalue weighted by Crippen LogP contribution is -2.61. The molecule has 8 amide bonds. The highest BCUT2D eigenvalue weighted by Crippen LogP contribution is 2.19. The number of hydrogen-bond donors (Lipinski definition) is 12. The van der Waals surface area contributed by atoms with Crippen LogP contribution in [0.15, 0.2) is 0 Å². The quantitative estimate of drug-likeness (QED) is 0.0412. The Morgan fingerprint density at radius 3 is 1.75 bits per heavy atom. The summed E-state index contributed by atoms with van der Waals surface area (Å²) < 4.78 is 0. The molecule has 0 bridgehead atoms. The highest BCUT2D eigenvalue weighted by molar-refractivity contribution is 5.98. The second-order valence-electron chi connectivity index (χ2n) is 15.4. The minimum absolute atomic E-state index is 0.00857. The number of aliphatic carboxylic acids is 2. The first-order valence-corrected chi connectivity index (χ1v) is 19.3. The van der Waals surface area contributed by atoms with Gasteiger partial charge in [-0.2, -0.15) is 0 Å². The van der Waals surface area contributed by atoms with E-state index in [9.17, 15) is 63.3 Å². The molecule has 59 heavy (non-hydrogen) atoms. The van der Waals surface area contributed by atoms with Crippen molar-refractivity contribution in [2.75, 3.05) is 13.2 Å². The van der Waals surface area contributed by atoms with Crippen molar-refractivity contribution in [3.05, 3.63) is 0 Å². The molecule has 0 aliphatic carbocycles. The fraction of sp³-hybridized carbons (Fsp3) is 0.722. The predicted octanol–water partition coefficient (Wildman–Crippen LogP) is -4.48. The smallest absolute Gasteiger partial charge is 0.326 e. The van der Waals surface area contributed by atoms with Crippen LogP contribution in [0.5, 0.6) is 0 Å². The van der Waals surface area contributed by atoms with E-state index in [0.717, 1.165) is 4.90 Å². The van der Waals surface area contributed by atoms with Crippen LogP contribution in [-0.4, -0.2) is 152 Å². The monoisotopic (exact) mass is 843 g/mol. The number of amides is 8. The van der Waals surface area contributed by atoms with E-state index in [2.05, 4.69) is 31.9 Å². The molecule has 14 N–H and O–H groups in total. The molecular weight excluding hydrogens is 782 g/mol. The normalized spacial score (nSPS) is 17.9. The number of nitrogens with one attached hydrogen (secondary N) is 6. The standard InChI is InChI=1S/C36H61N9O14/c1-16(2)12-22(32(54)39-18(5)29(51)44-28(19(6)47)34(56)42-23(36(58)59)13-17(3)4)41-31(53)21(9-10-26(38)48)40-33(55)25-8-7-11-45(25)35(57)24(15-46)43-30(52)20(37)14-27(49)50/h16-25,28,46-47H,7-15,37H2,1-6H3,(H2,38,48)(H,39,54)(H,40,55)(H,41,53)(H,42,56)(H,43,52)(H,44,51)(H,49,50)(H,58,59)/t18-,19+,20-,21-,22-,23-,24-,25-,28-/m0/s1. The van der Waals surface area contributed by atoms with Crippen molar-refractivity contribution in [1.29, 1.82) is 0 Å². The molecular formula is C36H61N9O14. The average Bonchev–Trinajstić information content (AvgIpc) is 3.62. The molecule has 0 saturated carbocycles. The third-order valence-electron chi connectivity index (χ3n) is 9.16. The van der Waals surface area contributed by atoms with Gasteiger partial charge in [0.15, 0.2) is 0 Å². The molecule has 1 aliphatic rings. The molecule has 0 radical (unpaired) electrons. The van der Waals surface area contributed by atoms with Gasteiger partial charge in [0, 0.05) is 13.0 Å². The molecule has 0 aromatic carbocycles. The summed E-state index contributed by atoms with van der Waals surface area (Å²) >= 11 is 0. The fourth-order valence-electron chi connectivity index (χ4n) is 6.06. The molecule has 1 saturated heterocycles. The van der Waals surface area contributed by atoms with E-state index in [1.807, 2.05) is 0 Å². The maximum atomic E-state index is 13.7. The van der Waals surface area contributed by atoms with Crippen LogP contribution in [0.1, 0.15) is 86.5 Å². The summed E-state index contributed by atoms with van der Waals surface area (Å²) in [4.78, 5) is 128. The molecule has 23 heteroatoms. The first kappa shape index (κ1) is 51.6. The van der Waals surface area contributed by atoms with Gasteiger partial charge < -0.3 is 68.7 Å². The number of carbonyl (C=O) groups excluding carboxylic acids is 8. The number of nitrogens with two attached hydrogens (primary N) is 2. The topological polar surface area (TPSA) is 379 Å². The molecule has 9 atom stereocenters. The minimum atomic E-state index is -1.60. The number of aliphatic hydroxyl groups is 2. The van der Waals surface area contributed by atoms with Crippen molar-refractivity contribution in [3.63, 3.8) is 0 Å². The third-order valence-corrected chi connectivity index (χ3v) is 9.16. The summed E-state index contributed by atoms with van der Waals surface area (Å²) in [6, 6.07) is -11.4. The van der Waals surface area contributed by atoms with Gasteiger partial charge in [0.05, 0.1) is 25.2 Å². The van der Waals surface area contributed by atoms with Crippen LogP contribution in [0.4, 0.5) is 0 Å². The van der Waals surface area contributed by atoms with Gasteiger partial charge in [0.25, 0.3) is 0 Å². The molecule has 0 aromatic rings. The maximum absolute atomic E-state index is 13.7. The zero-order chi connectivity index (χ0) is 45.3. The zero-order valence-corrected chi connectivity index (χ0v) is 34.2. The lowest BCUT2D eigenvalue weighted by Gasteiger charge is -2.30. The van der Waals surface area contributed by atoms with Gasteiger partial charge in [0.1, 0.15) is 42.3 Å². The van der Waals surface area contributed by atoms with Gasteiger partial charge >= 0.3 is 11.9 Å². The van der Waals surface area contributed by atoms with E-state index in [1.165, 1.54) is 13.8 Å². The SMILES string of the molecule is CC(C)C[C@H](NC(=O)[C@@H](NC(=O)[C@H](C)NC(=O)[C@H](CC(C)C)NC(=O)[C@H](CCC(N)=O)NC(=O)[C@@H]1CCCN1C(=O)[C@H](CO)NC(=O)[C@@H](N)CC(=O)O)[C@@H](C)O)C(=O)O. The van der Waals surface area contributed by atoms with Crippen molar-refractivity contribution < 1.29 is 68.4 Å². The number of hydrogen-bond acceptors (Lipinski definition) is 13. The van der Waals surface area contributed by atoms with Gasteiger partial charge in [0.2, 0.25) is 47.3 Å². The van der Waals surface area contributed by atoms with Crippen LogP contribution >= 0.6 is 0 Å². The first-order valence-electron chi connectivity index (χ1n) is 19.3. The Labute approximate surface area is 341 Å². The van der Waals surface area contributed by atoms with Crippen molar-refractivity contribution >= 4 is 59.2 Å². The average molecular weight is 844 g/mol. The summed E-state index contributed by atoms with van der Waals surface area (Å²) in [5, 5.41) is 52.7. The summed E-state index contributed by atoms with van der Waals surface area (Å²) in [5.41, 5.74) is 10.9. The van der Waals surface area contributed by atoms with Crippen LogP contribution in [0.3, 0.4) is 0 Å². The summed E-state index contributed by atoms with van der Waals surface area (Å²) in [6.07, 6.45) is -2.46. The number of primary amides is 1. The Hall–Kier alpha value is -5.42. The summed E-state index contributed by atoms with van der Waals surface area (Å²) in [5.74, 6) is -10.3. The van der Waals surface area contributed by atoms with E-state index in [0.29, 0.717) is 6.42 Å². The highest BCUT2D eigenvalue weighted by Gasteiger charge is 2.40. The minimum Gasteiger partial charge on any atom is -0.481 e. The molecule has 1 aliphatic heterocycles. The summed E-state index contributed by atoms with van der Waals surface area (Å²) in [6.45, 7) is 8.51. The molecule has 0 unspecified atom stereocenters. The van der Waals surface area contributed by atoms with Crippen LogP contribution in [0.25, 0.3) is 0 Å². The Morgan fingerprint density at radius 2 is 1.24 bits per heavy atom. The van der Waals surface area contributed by atoms with Gasteiger partial charge in [-0.15, -0.1) is 0 Å². The first-order chi connectivity index (χ1) is 27.4. The lowest BCUT2D eigenvalue weighted by atomic mass is 10.0. The van der Waals surface area contributed by atoms with Crippen LogP contribution in [-0.2, 0) is 47.9 Å². The van der Waals surface area contributed by atoms with E-state index in [1.54, 1.807) is 27.7 Å². The van der Waals surface area contributed by atoms with Crippen LogP contribution in [0, 0.1) is 11.8 Å². The lowest BCUT2D eigenvalue weighted by molar-refractivity contribution is -0.143. The summed E-state index contributed by atoms with van der Waals surface area (Å²) in [7, 11) is 0. The van der Waals surface area contributed by atoms with Gasteiger partial charge in [-0.1, -0.05) is 27.7 Å². The molecule has 0 spiro atoms. The van der Waals surface area contributed by atoms with Crippen molar-refractivity contribution in [3.8, 4) is 0 Å². The number of nitrogens with zero attached hydrogens (tertiary/aromatic N) is 1. The van der Waals surface area contributed by atoms with E-state index >= 15 is 0 Å². The van der Waals surface area contributed by atoms with E-state index < -0.39 is 127 Å². The van der Waals surface area contributed by atoms with Crippen molar-refractivity contribution in [2.24, 2.45) is 23.3 Å². The predicted molar refractivity (Wildman–Crippen MR) is 206 cm³/mol. The van der Waals surface area contributed by atoms with Gasteiger partial charge in [-0.25, -0.2) is 4.79 Å². The highest BCUT2D eigenvalue weighted by atomic mass is 16.4. The van der Waals surface area contributed by atoms with E-state index in [-0.39, 0.29) is 50.5 Å². The molecule has 334 valence electrons. The van der Waals surface area contributed by atoms with Crippen molar-refractivity contribution in [1.82, 2.24) is 36.8 Å². The Balaban J connectivity index is 3.16. The zero-order valence-electron chi connectivity index (χ0n) is 34.2. The molecule has 1 fully saturated rings. The van der Waals surface area contributed by atoms with Gasteiger partial charge in [-0.3, -0.25) is 43.2 Å². The Kier molecular flexibility index (Phi) is 21.4. The number of carboxylic acids is 2. The van der Waals surface area contributed by atoms with Gasteiger partial charge in [-0.05, 0) is 57.8 Å². The number of carboxylic acid groups (broad SMARTS) is 2. The number of rotatable bonds is 25. The number of aliphatic hydroxyl groups excluding tert-OH is 2. The van der Waals surface area contributed by atoms with Crippen LogP contribution < -0.4 is 43.4 Å². The second-order valence-corrected chi connectivity index (χ2v) is 15.4. The number of likely N-dealkylation sites (tertiary alicyclic amines) is 1. The van der Waals surface area contributed by atoms with Crippen LogP contribution in [0.2, 0.25) is 0 Å². The maximum Gasteiger partial charge on any atom is 0.326 e. The second kappa shape index (κ2) is 24.5.